The molecule has 0 heterocycles. The van der Waals surface area contributed by atoms with Crippen molar-refractivity contribution in [3.8, 4) is 0 Å². The third-order valence-corrected chi connectivity index (χ3v) is 3.15. The molecule has 1 unspecified atom stereocenters. The Hall–Kier alpha value is -0.290. The van der Waals surface area contributed by atoms with Gasteiger partial charge in [0.15, 0.2) is 0 Å². The highest BCUT2D eigenvalue weighted by Gasteiger charge is 2.27. The minimum Gasteiger partial charge on any atom is -0.370 e. The van der Waals surface area contributed by atoms with E-state index in [1.54, 1.807) is 7.05 Å². The number of nitrogens with one attached hydrogen (secondary N) is 1. The summed E-state index contributed by atoms with van der Waals surface area (Å²) in [6.45, 7) is 1.17. The van der Waals surface area contributed by atoms with Crippen LogP contribution in [-0.2, 0) is 4.74 Å². The van der Waals surface area contributed by atoms with E-state index in [2.05, 4.69) is 17.0 Å². The highest BCUT2D eigenvalue weighted by molar-refractivity contribution is 4.64. The average molecular weight is 283 g/mol. The second-order valence-electron chi connectivity index (χ2n) is 5.03. The van der Waals surface area contributed by atoms with E-state index in [1.165, 1.54) is 32.1 Å². The molecule has 0 fully saturated rings. The molecule has 0 spiro atoms. The Bertz CT molecular complexity index is 198. The molecule has 0 rings (SSSR count). The molecule has 0 aromatic rings. The molecule has 0 saturated carbocycles. The summed E-state index contributed by atoms with van der Waals surface area (Å²) in [5, 5.41) is 3.01. The van der Waals surface area contributed by atoms with Crippen molar-refractivity contribution in [1.29, 1.82) is 0 Å². The van der Waals surface area contributed by atoms with E-state index in [4.69, 9.17) is 0 Å². The Balaban J connectivity index is 3.44. The SMILES string of the molecule is CCCCCCCCCC(COCC(F)(F)F)NC. The highest BCUT2D eigenvalue weighted by atomic mass is 19.4. The van der Waals surface area contributed by atoms with Crippen LogP contribution < -0.4 is 5.32 Å². The quantitative estimate of drug-likeness (QED) is 0.539. The Morgan fingerprint density at radius 2 is 1.58 bits per heavy atom. The fraction of sp³-hybridized carbons (Fsp3) is 1.00. The number of ether oxygens (including phenoxy) is 1. The van der Waals surface area contributed by atoms with Crippen molar-refractivity contribution < 1.29 is 17.9 Å². The van der Waals surface area contributed by atoms with Crippen molar-refractivity contribution in [2.24, 2.45) is 0 Å². The van der Waals surface area contributed by atoms with Gasteiger partial charge in [-0.2, -0.15) is 13.2 Å². The molecule has 0 radical (unpaired) electrons. The first-order valence-electron chi connectivity index (χ1n) is 7.31. The van der Waals surface area contributed by atoms with Gasteiger partial charge >= 0.3 is 6.18 Å². The van der Waals surface area contributed by atoms with Crippen LogP contribution in [0.25, 0.3) is 0 Å². The molecular weight excluding hydrogens is 255 g/mol. The maximum absolute atomic E-state index is 11.9. The number of hydrogen-bond donors (Lipinski definition) is 1. The van der Waals surface area contributed by atoms with Crippen molar-refractivity contribution in [3.63, 3.8) is 0 Å². The first kappa shape index (κ1) is 18.7. The number of hydrogen-bond acceptors (Lipinski definition) is 2. The molecule has 0 bridgehead atoms. The second-order valence-corrected chi connectivity index (χ2v) is 5.03. The van der Waals surface area contributed by atoms with Crippen molar-refractivity contribution in [2.45, 2.75) is 70.5 Å². The topological polar surface area (TPSA) is 21.3 Å². The summed E-state index contributed by atoms with van der Waals surface area (Å²) in [6.07, 6.45) is 5.18. The zero-order chi connectivity index (χ0) is 14.6. The largest absolute Gasteiger partial charge is 0.411 e. The summed E-state index contributed by atoms with van der Waals surface area (Å²) in [5.41, 5.74) is 0. The Kier molecular flexibility index (Phi) is 11.4. The number of alkyl halides is 3. The Morgan fingerprint density at radius 1 is 1.00 bits per heavy atom. The molecule has 0 aliphatic rings. The summed E-state index contributed by atoms with van der Waals surface area (Å²) in [7, 11) is 1.77. The summed E-state index contributed by atoms with van der Waals surface area (Å²) in [6, 6.07) is 0.0259. The molecule has 0 aromatic carbocycles. The van der Waals surface area contributed by atoms with Gasteiger partial charge in [-0.1, -0.05) is 51.9 Å². The molecule has 2 nitrogen and oxygen atoms in total. The molecule has 0 aromatic heterocycles. The van der Waals surface area contributed by atoms with E-state index in [-0.39, 0.29) is 12.6 Å². The first-order chi connectivity index (χ1) is 8.99. The first-order valence-corrected chi connectivity index (χ1v) is 7.31. The van der Waals surface area contributed by atoms with Crippen LogP contribution in [0.3, 0.4) is 0 Å². The third kappa shape index (κ3) is 13.9. The molecule has 0 aliphatic carbocycles. The second kappa shape index (κ2) is 11.5. The molecule has 0 amide bonds. The zero-order valence-electron chi connectivity index (χ0n) is 12.2. The number of rotatable bonds is 12. The molecular formula is C14H28F3NO. The Labute approximate surface area is 115 Å². The highest BCUT2D eigenvalue weighted by Crippen LogP contribution is 2.15. The predicted octanol–water partition coefficient (Wildman–Crippen LogP) is 4.29. The molecule has 116 valence electrons. The maximum Gasteiger partial charge on any atom is 0.411 e. The van der Waals surface area contributed by atoms with Crippen LogP contribution in [0.1, 0.15) is 58.3 Å². The fourth-order valence-electron chi connectivity index (χ4n) is 1.98. The van der Waals surface area contributed by atoms with Gasteiger partial charge in [0.25, 0.3) is 0 Å². The van der Waals surface area contributed by atoms with Crippen molar-refractivity contribution in [3.05, 3.63) is 0 Å². The predicted molar refractivity (Wildman–Crippen MR) is 72.3 cm³/mol. The lowest BCUT2D eigenvalue weighted by Gasteiger charge is -2.17. The van der Waals surface area contributed by atoms with Gasteiger partial charge in [-0.15, -0.1) is 0 Å². The smallest absolute Gasteiger partial charge is 0.370 e. The van der Waals surface area contributed by atoms with Gasteiger partial charge in [-0.25, -0.2) is 0 Å². The van der Waals surface area contributed by atoms with Crippen LogP contribution >= 0.6 is 0 Å². The van der Waals surface area contributed by atoms with E-state index < -0.39 is 12.8 Å². The van der Waals surface area contributed by atoms with Gasteiger partial charge in [0, 0.05) is 6.04 Å². The van der Waals surface area contributed by atoms with E-state index >= 15 is 0 Å². The maximum atomic E-state index is 11.9. The van der Waals surface area contributed by atoms with Crippen LogP contribution in [0.4, 0.5) is 13.2 Å². The monoisotopic (exact) mass is 283 g/mol. The van der Waals surface area contributed by atoms with Gasteiger partial charge in [-0.3, -0.25) is 0 Å². The molecule has 0 aliphatic heterocycles. The van der Waals surface area contributed by atoms with Crippen LogP contribution in [0.5, 0.6) is 0 Å². The summed E-state index contributed by atoms with van der Waals surface area (Å²) < 4.78 is 40.4. The molecule has 19 heavy (non-hydrogen) atoms. The number of likely N-dealkylation sites (N-methyl/N-ethyl adjacent to an activating group) is 1. The van der Waals surface area contributed by atoms with Gasteiger partial charge in [0.05, 0.1) is 6.61 Å². The number of unbranched alkanes of at least 4 members (excludes halogenated alkanes) is 6. The van der Waals surface area contributed by atoms with Gasteiger partial charge in [0.2, 0.25) is 0 Å². The molecule has 0 saturated heterocycles. The normalized spacial score (nSPS) is 13.7. The van der Waals surface area contributed by atoms with Crippen LogP contribution in [0.2, 0.25) is 0 Å². The van der Waals surface area contributed by atoms with Crippen molar-refractivity contribution in [2.75, 3.05) is 20.3 Å². The van der Waals surface area contributed by atoms with Gasteiger partial charge in [-0.05, 0) is 13.5 Å². The van der Waals surface area contributed by atoms with E-state index in [0.717, 1.165) is 19.3 Å². The molecule has 1 N–H and O–H groups in total. The molecule has 5 heteroatoms. The lowest BCUT2D eigenvalue weighted by Crippen LogP contribution is -2.32. The van der Waals surface area contributed by atoms with Crippen LogP contribution in [-0.4, -0.2) is 32.5 Å². The van der Waals surface area contributed by atoms with Crippen molar-refractivity contribution >= 4 is 0 Å². The lowest BCUT2D eigenvalue weighted by atomic mass is 10.1. The van der Waals surface area contributed by atoms with Gasteiger partial charge in [0.1, 0.15) is 6.61 Å². The minimum atomic E-state index is -4.22. The van der Waals surface area contributed by atoms with Crippen LogP contribution in [0.15, 0.2) is 0 Å². The standard InChI is InChI=1S/C14H28F3NO/c1-3-4-5-6-7-8-9-10-13(18-2)11-19-12-14(15,16)17/h13,18H,3-12H2,1-2H3. The summed E-state index contributed by atoms with van der Waals surface area (Å²) in [5.74, 6) is 0. The molecule has 1 atom stereocenters. The van der Waals surface area contributed by atoms with Crippen LogP contribution in [0, 0.1) is 0 Å². The number of halogens is 3. The van der Waals surface area contributed by atoms with E-state index in [0.29, 0.717) is 0 Å². The average Bonchev–Trinajstić information content (AvgIpc) is 2.34. The lowest BCUT2D eigenvalue weighted by molar-refractivity contribution is -0.175. The fourth-order valence-corrected chi connectivity index (χ4v) is 1.98. The third-order valence-electron chi connectivity index (χ3n) is 3.15. The van der Waals surface area contributed by atoms with Crippen molar-refractivity contribution in [1.82, 2.24) is 5.32 Å². The summed E-state index contributed by atoms with van der Waals surface area (Å²) >= 11 is 0. The van der Waals surface area contributed by atoms with E-state index in [9.17, 15) is 13.2 Å². The summed E-state index contributed by atoms with van der Waals surface area (Å²) in [4.78, 5) is 0. The Morgan fingerprint density at radius 3 is 2.11 bits per heavy atom. The minimum absolute atomic E-state index is 0.0259. The van der Waals surface area contributed by atoms with Gasteiger partial charge < -0.3 is 10.1 Å². The van der Waals surface area contributed by atoms with E-state index in [1.807, 2.05) is 0 Å². The zero-order valence-corrected chi connectivity index (χ0v) is 12.2.